The van der Waals surface area contributed by atoms with Gasteiger partial charge in [-0.3, -0.25) is 0 Å². The molecule has 0 N–H and O–H groups in total. The molecule has 0 fully saturated rings. The van der Waals surface area contributed by atoms with Crippen molar-refractivity contribution in [3.05, 3.63) is 88.8 Å². The Morgan fingerprint density at radius 1 is 0.750 bits per heavy atom. The van der Waals surface area contributed by atoms with Gasteiger partial charge in [0.15, 0.2) is 0 Å². The van der Waals surface area contributed by atoms with E-state index in [0.29, 0.717) is 0 Å². The molecule has 0 amide bonds. The van der Waals surface area contributed by atoms with E-state index < -0.39 is 19.7 Å². The number of rotatable bonds is 5. The zero-order valence-electron chi connectivity index (χ0n) is 14.7. The van der Waals surface area contributed by atoms with Crippen LogP contribution in [-0.4, -0.2) is 16.8 Å². The van der Waals surface area contributed by atoms with Crippen molar-refractivity contribution in [3.8, 4) is 0 Å². The summed E-state index contributed by atoms with van der Waals surface area (Å²) >= 11 is 0. The van der Waals surface area contributed by atoms with Crippen LogP contribution in [0.15, 0.2) is 97.5 Å². The summed E-state index contributed by atoms with van der Waals surface area (Å²) < 4.78 is 51.4. The number of aryl methyl sites for hydroxylation is 1. The molecule has 0 aliphatic heterocycles. The summed E-state index contributed by atoms with van der Waals surface area (Å²) in [6, 6.07) is 17.3. The molecule has 3 rings (SSSR count). The highest BCUT2D eigenvalue weighted by Crippen LogP contribution is 2.33. The maximum atomic E-state index is 12.9. The minimum absolute atomic E-state index is 0.0196. The predicted molar refractivity (Wildman–Crippen MR) is 104 cm³/mol. The van der Waals surface area contributed by atoms with Crippen molar-refractivity contribution in [2.45, 2.75) is 26.5 Å². The fraction of sp³-hybridized carbons (Fsp3) is 0.0526. The second-order valence-electron chi connectivity index (χ2n) is 5.95. The first-order valence-corrected chi connectivity index (χ1v) is 11.0. The molecule has 28 heavy (non-hydrogen) atoms. The normalized spacial score (nSPS) is 11.6. The van der Waals surface area contributed by atoms with E-state index in [1.54, 1.807) is 30.3 Å². The van der Waals surface area contributed by atoms with Gasteiger partial charge in [0.2, 0.25) is 19.7 Å². The minimum Gasteiger partial charge on any atom is -0.219 e. The smallest absolute Gasteiger partial charge is 0.207 e. The van der Waals surface area contributed by atoms with E-state index in [4.69, 9.17) is 5.53 Å². The highest BCUT2D eigenvalue weighted by atomic mass is 32.2. The molecule has 0 aromatic heterocycles. The Balaban J connectivity index is 2.18. The van der Waals surface area contributed by atoms with Gasteiger partial charge in [-0.1, -0.05) is 41.0 Å². The lowest BCUT2D eigenvalue weighted by Gasteiger charge is -2.11. The monoisotopic (exact) mass is 413 g/mol. The number of hydrogen-bond acceptors (Lipinski definition) is 5. The predicted octanol–water partition coefficient (Wildman–Crippen LogP) is 4.60. The Labute approximate surface area is 162 Å². The Kier molecular flexibility index (Phi) is 5.24. The summed E-state index contributed by atoms with van der Waals surface area (Å²) in [4.78, 5) is 2.30. The molecule has 3 aromatic carbocycles. The van der Waals surface area contributed by atoms with E-state index in [1.165, 1.54) is 30.3 Å². The van der Waals surface area contributed by atoms with Crippen molar-refractivity contribution in [3.63, 3.8) is 0 Å². The summed E-state index contributed by atoms with van der Waals surface area (Å²) in [5, 5.41) is 3.42. The van der Waals surface area contributed by atoms with Crippen LogP contribution in [0, 0.1) is 6.92 Å². The molecule has 0 spiro atoms. The molecule has 0 atom stereocenters. The van der Waals surface area contributed by atoms with Crippen molar-refractivity contribution >= 4 is 25.4 Å². The van der Waals surface area contributed by atoms with Gasteiger partial charge in [-0.2, -0.15) is 0 Å². The van der Waals surface area contributed by atoms with Gasteiger partial charge in [0.25, 0.3) is 0 Å². The van der Waals surface area contributed by atoms with Gasteiger partial charge < -0.3 is 0 Å². The third-order valence-corrected chi connectivity index (χ3v) is 7.65. The fourth-order valence-electron chi connectivity index (χ4n) is 2.60. The van der Waals surface area contributed by atoms with E-state index in [1.807, 2.05) is 6.92 Å². The molecular weight excluding hydrogens is 398 g/mol. The lowest BCUT2D eigenvalue weighted by atomic mass is 10.2. The SMILES string of the molecule is Cc1ccc(S(=O)(=O)c2ccc(S(=O)(=O)c3ccccc3)cc2N=[N+]=[N-])cc1. The quantitative estimate of drug-likeness (QED) is 0.345. The topological polar surface area (TPSA) is 117 Å². The van der Waals surface area contributed by atoms with Gasteiger partial charge in [-0.25, -0.2) is 16.8 Å². The van der Waals surface area contributed by atoms with Crippen LogP contribution in [0.3, 0.4) is 0 Å². The largest absolute Gasteiger partial charge is 0.219 e. The molecule has 0 radical (unpaired) electrons. The zero-order chi connectivity index (χ0) is 20.4. The molecule has 0 saturated heterocycles. The van der Waals surface area contributed by atoms with E-state index in [-0.39, 0.29) is 25.3 Å². The summed E-state index contributed by atoms with van der Waals surface area (Å²) in [5.74, 6) is 0. The van der Waals surface area contributed by atoms with Gasteiger partial charge in [-0.05, 0) is 54.9 Å². The molecule has 0 bridgehead atoms. The number of nitrogens with zero attached hydrogens (tertiary/aromatic N) is 3. The standard InChI is InChI=1S/C19H15N3O4S2/c1-14-7-9-16(10-8-14)28(25,26)19-12-11-17(13-18(19)21-22-20)27(23,24)15-5-3-2-4-6-15/h2-13H,1H3. The van der Waals surface area contributed by atoms with E-state index in [9.17, 15) is 16.8 Å². The lowest BCUT2D eigenvalue weighted by molar-refractivity contribution is 0.592. The number of azide groups is 1. The molecule has 9 heteroatoms. The highest BCUT2D eigenvalue weighted by Gasteiger charge is 2.24. The second kappa shape index (κ2) is 7.47. The van der Waals surface area contributed by atoms with Gasteiger partial charge in [0.1, 0.15) is 0 Å². The van der Waals surface area contributed by atoms with Crippen molar-refractivity contribution in [2.75, 3.05) is 0 Å². The van der Waals surface area contributed by atoms with Crippen LogP contribution in [0.25, 0.3) is 10.4 Å². The Bertz CT molecular complexity index is 1280. The van der Waals surface area contributed by atoms with Crippen LogP contribution >= 0.6 is 0 Å². The number of benzene rings is 3. The zero-order valence-corrected chi connectivity index (χ0v) is 16.4. The number of sulfone groups is 2. The van der Waals surface area contributed by atoms with Crippen LogP contribution < -0.4 is 0 Å². The summed E-state index contributed by atoms with van der Waals surface area (Å²) in [7, 11) is -7.89. The Hall–Kier alpha value is -3.13. The molecule has 3 aromatic rings. The Morgan fingerprint density at radius 2 is 1.32 bits per heavy atom. The van der Waals surface area contributed by atoms with E-state index >= 15 is 0 Å². The molecule has 0 aliphatic rings. The minimum atomic E-state index is -4.00. The molecule has 0 saturated carbocycles. The Morgan fingerprint density at radius 3 is 1.93 bits per heavy atom. The summed E-state index contributed by atoms with van der Waals surface area (Å²) in [6.45, 7) is 1.82. The summed E-state index contributed by atoms with van der Waals surface area (Å²) in [6.07, 6.45) is 0. The van der Waals surface area contributed by atoms with Crippen LogP contribution in [-0.2, 0) is 19.7 Å². The third-order valence-electron chi connectivity index (χ3n) is 4.07. The average Bonchev–Trinajstić information content (AvgIpc) is 2.69. The van der Waals surface area contributed by atoms with E-state index in [0.717, 1.165) is 17.7 Å². The van der Waals surface area contributed by atoms with Crippen LogP contribution in [0.5, 0.6) is 0 Å². The fourth-order valence-corrected chi connectivity index (χ4v) is 5.27. The first-order valence-electron chi connectivity index (χ1n) is 8.08. The molecule has 0 unspecified atom stereocenters. The van der Waals surface area contributed by atoms with Crippen molar-refractivity contribution in [1.29, 1.82) is 0 Å². The van der Waals surface area contributed by atoms with Gasteiger partial charge in [0, 0.05) is 4.91 Å². The first kappa shape index (κ1) is 19.6. The molecule has 0 heterocycles. The maximum absolute atomic E-state index is 12.9. The van der Waals surface area contributed by atoms with Crippen LogP contribution in [0.4, 0.5) is 5.69 Å². The maximum Gasteiger partial charge on any atom is 0.207 e. The van der Waals surface area contributed by atoms with Crippen molar-refractivity contribution in [2.24, 2.45) is 5.11 Å². The van der Waals surface area contributed by atoms with Crippen molar-refractivity contribution < 1.29 is 16.8 Å². The van der Waals surface area contributed by atoms with Crippen molar-refractivity contribution in [1.82, 2.24) is 0 Å². The van der Waals surface area contributed by atoms with Crippen LogP contribution in [0.1, 0.15) is 5.56 Å². The van der Waals surface area contributed by atoms with Gasteiger partial charge >= 0.3 is 0 Å². The van der Waals surface area contributed by atoms with Gasteiger partial charge in [0.05, 0.1) is 25.3 Å². The van der Waals surface area contributed by atoms with E-state index in [2.05, 4.69) is 10.0 Å². The molecule has 7 nitrogen and oxygen atoms in total. The molecule has 142 valence electrons. The van der Waals surface area contributed by atoms with Gasteiger partial charge in [-0.15, -0.1) is 0 Å². The molecule has 0 aliphatic carbocycles. The molecular formula is C19H15N3O4S2. The lowest BCUT2D eigenvalue weighted by Crippen LogP contribution is -2.05. The second-order valence-corrected chi connectivity index (χ2v) is 9.82. The summed E-state index contributed by atoms with van der Waals surface area (Å²) in [5.41, 5.74) is 9.45. The highest BCUT2D eigenvalue weighted by molar-refractivity contribution is 7.92. The number of hydrogen-bond donors (Lipinski definition) is 0. The average molecular weight is 413 g/mol. The first-order chi connectivity index (χ1) is 13.3. The third kappa shape index (κ3) is 3.63. The van der Waals surface area contributed by atoms with Crippen LogP contribution in [0.2, 0.25) is 0 Å².